The van der Waals surface area contributed by atoms with Gasteiger partial charge in [-0.1, -0.05) is 22.9 Å². The van der Waals surface area contributed by atoms with E-state index >= 15 is 0 Å². The highest BCUT2D eigenvalue weighted by molar-refractivity contribution is 9.10. The lowest BCUT2D eigenvalue weighted by molar-refractivity contribution is 0.431. The minimum atomic E-state index is 0.476. The third-order valence-corrected chi connectivity index (χ3v) is 4.54. The van der Waals surface area contributed by atoms with Gasteiger partial charge < -0.3 is 4.57 Å². The monoisotopic (exact) mass is 326 g/mol. The van der Waals surface area contributed by atoms with Gasteiger partial charge in [-0.2, -0.15) is 0 Å². The zero-order valence-corrected chi connectivity index (χ0v) is 12.7. The zero-order valence-electron chi connectivity index (χ0n) is 10.4. The molecule has 0 saturated heterocycles. The van der Waals surface area contributed by atoms with Crippen molar-refractivity contribution >= 4 is 38.6 Å². The first-order valence-corrected chi connectivity index (χ1v) is 7.72. The van der Waals surface area contributed by atoms with Crippen LogP contribution in [0.5, 0.6) is 0 Å². The molecule has 2 nitrogen and oxygen atoms in total. The first-order chi connectivity index (χ1) is 8.69. The van der Waals surface area contributed by atoms with Crippen LogP contribution in [0.25, 0.3) is 11.0 Å². The summed E-state index contributed by atoms with van der Waals surface area (Å²) >= 11 is 9.56. The summed E-state index contributed by atoms with van der Waals surface area (Å²) in [5.41, 5.74) is 2.23. The molecule has 4 heteroatoms. The number of halogens is 2. The Bertz CT molecular complexity index is 574. The van der Waals surface area contributed by atoms with E-state index in [9.17, 15) is 0 Å². The van der Waals surface area contributed by atoms with Gasteiger partial charge in [0, 0.05) is 11.0 Å². The summed E-state index contributed by atoms with van der Waals surface area (Å²) in [5.74, 6) is 3.07. The van der Waals surface area contributed by atoms with E-state index in [4.69, 9.17) is 11.6 Å². The van der Waals surface area contributed by atoms with Crippen LogP contribution in [0.15, 0.2) is 22.7 Å². The van der Waals surface area contributed by atoms with Crippen LogP contribution in [-0.2, 0) is 12.4 Å². The van der Waals surface area contributed by atoms with E-state index in [1.165, 1.54) is 18.4 Å². The fraction of sp³-hybridized carbons (Fsp3) is 0.500. The van der Waals surface area contributed by atoms with Crippen LogP contribution >= 0.6 is 27.5 Å². The Balaban J connectivity index is 2.03. The Morgan fingerprint density at radius 2 is 2.28 bits per heavy atom. The number of aromatic nitrogens is 2. The Morgan fingerprint density at radius 3 is 2.94 bits per heavy atom. The molecule has 1 heterocycles. The number of hydrogen-bond acceptors (Lipinski definition) is 1. The second-order valence-electron chi connectivity index (χ2n) is 5.22. The van der Waals surface area contributed by atoms with E-state index in [-0.39, 0.29) is 0 Å². The normalized spacial score (nSPS) is 17.3. The van der Waals surface area contributed by atoms with Gasteiger partial charge in [-0.15, -0.1) is 11.6 Å². The third-order valence-electron chi connectivity index (χ3n) is 3.81. The lowest BCUT2D eigenvalue weighted by Gasteiger charge is -2.14. The van der Waals surface area contributed by atoms with Crippen molar-refractivity contribution in [3.05, 3.63) is 28.5 Å². The van der Waals surface area contributed by atoms with Gasteiger partial charge in [-0.05, 0) is 42.9 Å². The van der Waals surface area contributed by atoms with Crippen molar-refractivity contribution in [2.24, 2.45) is 11.8 Å². The van der Waals surface area contributed by atoms with Crippen molar-refractivity contribution < 1.29 is 0 Å². The molecule has 0 radical (unpaired) electrons. The van der Waals surface area contributed by atoms with Gasteiger partial charge >= 0.3 is 0 Å². The van der Waals surface area contributed by atoms with Gasteiger partial charge in [0.15, 0.2) is 0 Å². The van der Waals surface area contributed by atoms with E-state index in [1.54, 1.807) is 0 Å². The van der Waals surface area contributed by atoms with Gasteiger partial charge in [-0.25, -0.2) is 4.98 Å². The van der Waals surface area contributed by atoms with Crippen molar-refractivity contribution in [1.29, 1.82) is 0 Å². The van der Waals surface area contributed by atoms with Gasteiger partial charge in [0.2, 0.25) is 0 Å². The minimum Gasteiger partial charge on any atom is -0.327 e. The van der Waals surface area contributed by atoms with E-state index in [1.807, 2.05) is 12.1 Å². The smallest absolute Gasteiger partial charge is 0.124 e. The first kappa shape index (κ1) is 12.5. The van der Waals surface area contributed by atoms with Crippen LogP contribution in [0.2, 0.25) is 0 Å². The predicted octanol–water partition coefficient (Wildman–Crippen LogP) is 4.58. The van der Waals surface area contributed by atoms with E-state index in [0.717, 1.165) is 28.3 Å². The van der Waals surface area contributed by atoms with Crippen molar-refractivity contribution in [2.45, 2.75) is 32.2 Å². The molecule has 0 bridgehead atoms. The fourth-order valence-electron chi connectivity index (χ4n) is 2.55. The van der Waals surface area contributed by atoms with Crippen LogP contribution in [0.1, 0.15) is 25.6 Å². The quantitative estimate of drug-likeness (QED) is 0.751. The molecule has 1 atom stereocenters. The van der Waals surface area contributed by atoms with Crippen LogP contribution in [0.3, 0.4) is 0 Å². The van der Waals surface area contributed by atoms with Crippen molar-refractivity contribution in [2.75, 3.05) is 0 Å². The first-order valence-electron chi connectivity index (χ1n) is 6.39. The molecular formula is C14H16BrClN2. The molecule has 2 aromatic rings. The molecule has 18 heavy (non-hydrogen) atoms. The Morgan fingerprint density at radius 1 is 1.50 bits per heavy atom. The summed E-state index contributed by atoms with van der Waals surface area (Å²) < 4.78 is 3.38. The van der Waals surface area contributed by atoms with Gasteiger partial charge in [-0.3, -0.25) is 0 Å². The Labute approximate surface area is 120 Å². The summed E-state index contributed by atoms with van der Waals surface area (Å²) in [4.78, 5) is 4.62. The average Bonchev–Trinajstić information content (AvgIpc) is 3.15. The van der Waals surface area contributed by atoms with Crippen LogP contribution < -0.4 is 0 Å². The lowest BCUT2D eigenvalue weighted by Crippen LogP contribution is -2.11. The summed E-state index contributed by atoms with van der Waals surface area (Å²) in [5, 5.41) is 0. The van der Waals surface area contributed by atoms with Crippen LogP contribution in [-0.4, -0.2) is 9.55 Å². The molecule has 96 valence electrons. The van der Waals surface area contributed by atoms with E-state index in [0.29, 0.717) is 11.8 Å². The third kappa shape index (κ3) is 2.30. The van der Waals surface area contributed by atoms with Crippen LogP contribution in [0.4, 0.5) is 0 Å². The number of imidazole rings is 1. The molecule has 3 rings (SSSR count). The highest BCUT2D eigenvalue weighted by atomic mass is 79.9. The van der Waals surface area contributed by atoms with Gasteiger partial charge in [0.05, 0.1) is 16.9 Å². The number of nitrogens with zero attached hydrogens (tertiary/aromatic N) is 2. The highest BCUT2D eigenvalue weighted by Crippen LogP contribution is 2.38. The molecule has 1 aliphatic rings. The molecule has 1 fully saturated rings. The molecule has 0 spiro atoms. The fourth-order valence-corrected chi connectivity index (χ4v) is 3.11. The van der Waals surface area contributed by atoms with E-state index in [2.05, 4.69) is 38.5 Å². The minimum absolute atomic E-state index is 0.476. The second kappa shape index (κ2) is 4.86. The summed E-state index contributed by atoms with van der Waals surface area (Å²) in [6.07, 6.45) is 2.77. The maximum Gasteiger partial charge on any atom is 0.124 e. The molecule has 0 amide bonds. The average molecular weight is 328 g/mol. The summed E-state index contributed by atoms with van der Waals surface area (Å²) in [6.45, 7) is 3.36. The standard InChI is InChI=1S/C14H16BrClN2/c1-9(10-2-3-10)8-18-13-6-11(15)4-5-12(13)17-14(18)7-16/h4-6,9-10H,2-3,7-8H2,1H3. The zero-order chi connectivity index (χ0) is 12.7. The number of alkyl halides is 1. The van der Waals surface area contributed by atoms with Gasteiger partial charge in [0.25, 0.3) is 0 Å². The molecule has 0 N–H and O–H groups in total. The van der Waals surface area contributed by atoms with Crippen LogP contribution in [0, 0.1) is 11.8 Å². The Hall–Kier alpha value is -0.540. The van der Waals surface area contributed by atoms with Crippen molar-refractivity contribution in [1.82, 2.24) is 9.55 Å². The van der Waals surface area contributed by atoms with Crippen molar-refractivity contribution in [3.8, 4) is 0 Å². The number of fused-ring (bicyclic) bond motifs is 1. The molecule has 1 aromatic heterocycles. The molecular weight excluding hydrogens is 312 g/mol. The largest absolute Gasteiger partial charge is 0.327 e. The number of rotatable bonds is 4. The SMILES string of the molecule is CC(Cn1c(CCl)nc2ccc(Br)cc21)C1CC1. The predicted molar refractivity (Wildman–Crippen MR) is 78.9 cm³/mol. The Kier molecular flexibility index (Phi) is 3.37. The maximum absolute atomic E-state index is 6.03. The molecule has 1 saturated carbocycles. The number of hydrogen-bond donors (Lipinski definition) is 0. The number of benzene rings is 1. The van der Waals surface area contributed by atoms with Gasteiger partial charge in [0.1, 0.15) is 5.82 Å². The molecule has 0 aliphatic heterocycles. The summed E-state index contributed by atoms with van der Waals surface area (Å²) in [6, 6.07) is 6.22. The van der Waals surface area contributed by atoms with E-state index < -0.39 is 0 Å². The molecule has 1 unspecified atom stereocenters. The highest BCUT2D eigenvalue weighted by Gasteiger charge is 2.28. The second-order valence-corrected chi connectivity index (χ2v) is 6.40. The van der Waals surface area contributed by atoms with Crippen molar-refractivity contribution in [3.63, 3.8) is 0 Å². The topological polar surface area (TPSA) is 17.8 Å². The lowest BCUT2D eigenvalue weighted by atomic mass is 10.1. The molecule has 1 aliphatic carbocycles. The maximum atomic E-state index is 6.03. The molecule has 1 aromatic carbocycles. The summed E-state index contributed by atoms with van der Waals surface area (Å²) in [7, 11) is 0.